The van der Waals surface area contributed by atoms with E-state index in [9.17, 15) is 0 Å². The quantitative estimate of drug-likeness (QED) is 0.904. The number of hydrogen-bond acceptors (Lipinski definition) is 2. The zero-order valence-electron chi connectivity index (χ0n) is 9.13. The molecule has 0 spiro atoms. The van der Waals surface area contributed by atoms with E-state index in [-0.39, 0.29) is 0 Å². The Hall–Kier alpha value is -1.13. The molecule has 0 aliphatic rings. The average molecular weight is 280 g/mol. The standard InChI is InChI=1S/C12H14BrN3/c1-2-14-8-12-15-7-11(16-12)9-3-5-10(13)6-4-9/h3-7,14H,2,8H2,1H3,(H,15,16). The molecule has 0 aliphatic heterocycles. The van der Waals surface area contributed by atoms with Gasteiger partial charge in [-0.15, -0.1) is 0 Å². The molecule has 0 fully saturated rings. The van der Waals surface area contributed by atoms with Gasteiger partial charge in [0.1, 0.15) is 5.82 Å². The first-order valence-electron chi connectivity index (χ1n) is 5.30. The Bertz CT molecular complexity index is 448. The first kappa shape index (κ1) is 11.4. The fraction of sp³-hybridized carbons (Fsp3) is 0.250. The summed E-state index contributed by atoms with van der Waals surface area (Å²) in [5, 5.41) is 3.24. The van der Waals surface area contributed by atoms with E-state index in [1.165, 1.54) is 0 Å². The monoisotopic (exact) mass is 279 g/mol. The lowest BCUT2D eigenvalue weighted by molar-refractivity contribution is 0.698. The van der Waals surface area contributed by atoms with E-state index in [1.54, 1.807) is 0 Å². The van der Waals surface area contributed by atoms with Crippen LogP contribution in [0.4, 0.5) is 0 Å². The van der Waals surface area contributed by atoms with Gasteiger partial charge in [0.05, 0.1) is 18.4 Å². The zero-order chi connectivity index (χ0) is 11.4. The van der Waals surface area contributed by atoms with Gasteiger partial charge >= 0.3 is 0 Å². The molecule has 1 aromatic carbocycles. The van der Waals surface area contributed by atoms with Crippen LogP contribution < -0.4 is 5.32 Å². The number of imidazole rings is 1. The van der Waals surface area contributed by atoms with Crippen LogP contribution in [-0.2, 0) is 6.54 Å². The highest BCUT2D eigenvalue weighted by Crippen LogP contribution is 2.19. The van der Waals surface area contributed by atoms with Crippen molar-refractivity contribution in [1.82, 2.24) is 15.3 Å². The summed E-state index contributed by atoms with van der Waals surface area (Å²) in [6.07, 6.45) is 1.87. The fourth-order valence-corrected chi connectivity index (χ4v) is 1.74. The third kappa shape index (κ3) is 2.71. The number of nitrogens with zero attached hydrogens (tertiary/aromatic N) is 1. The molecule has 16 heavy (non-hydrogen) atoms. The van der Waals surface area contributed by atoms with E-state index in [0.29, 0.717) is 0 Å². The Balaban J connectivity index is 2.15. The molecule has 0 bridgehead atoms. The van der Waals surface area contributed by atoms with Crippen molar-refractivity contribution in [2.45, 2.75) is 13.5 Å². The molecule has 4 heteroatoms. The lowest BCUT2D eigenvalue weighted by Crippen LogP contribution is -2.12. The van der Waals surface area contributed by atoms with Crippen molar-refractivity contribution in [2.24, 2.45) is 0 Å². The number of aromatic amines is 1. The molecule has 0 saturated heterocycles. The summed E-state index contributed by atoms with van der Waals surface area (Å²) in [6, 6.07) is 8.18. The van der Waals surface area contributed by atoms with Gasteiger partial charge in [-0.05, 0) is 24.2 Å². The van der Waals surface area contributed by atoms with Crippen molar-refractivity contribution in [1.29, 1.82) is 0 Å². The number of rotatable bonds is 4. The van der Waals surface area contributed by atoms with Gasteiger partial charge in [-0.25, -0.2) is 4.98 Å². The third-order valence-electron chi connectivity index (χ3n) is 2.33. The molecule has 1 aromatic heterocycles. The van der Waals surface area contributed by atoms with Crippen molar-refractivity contribution in [3.05, 3.63) is 40.8 Å². The van der Waals surface area contributed by atoms with Gasteiger partial charge in [0.25, 0.3) is 0 Å². The number of H-pyrrole nitrogens is 1. The highest BCUT2D eigenvalue weighted by molar-refractivity contribution is 9.10. The molecule has 2 N–H and O–H groups in total. The minimum Gasteiger partial charge on any atom is -0.341 e. The Kier molecular flexibility index (Phi) is 3.74. The second-order valence-electron chi connectivity index (χ2n) is 3.53. The highest BCUT2D eigenvalue weighted by Gasteiger charge is 2.02. The molecular formula is C12H14BrN3. The summed E-state index contributed by atoms with van der Waals surface area (Å²) in [5.41, 5.74) is 2.21. The van der Waals surface area contributed by atoms with Gasteiger partial charge in [-0.2, -0.15) is 0 Å². The molecule has 0 radical (unpaired) electrons. The Morgan fingerprint density at radius 3 is 2.75 bits per heavy atom. The maximum atomic E-state index is 4.32. The molecule has 3 nitrogen and oxygen atoms in total. The third-order valence-corrected chi connectivity index (χ3v) is 2.85. The summed E-state index contributed by atoms with van der Waals surface area (Å²) in [5.74, 6) is 0.972. The minimum absolute atomic E-state index is 0.785. The van der Waals surface area contributed by atoms with Crippen molar-refractivity contribution < 1.29 is 0 Å². The first-order valence-corrected chi connectivity index (χ1v) is 6.09. The molecule has 1 heterocycles. The molecule has 2 aromatic rings. The van der Waals surface area contributed by atoms with Crippen LogP contribution in [-0.4, -0.2) is 16.5 Å². The van der Waals surface area contributed by atoms with Crippen LogP contribution >= 0.6 is 15.9 Å². The van der Waals surface area contributed by atoms with Crippen molar-refractivity contribution in [3.63, 3.8) is 0 Å². The maximum absolute atomic E-state index is 4.32. The number of benzene rings is 1. The van der Waals surface area contributed by atoms with Gasteiger partial charge in [0.15, 0.2) is 0 Å². The molecule has 0 amide bonds. The Labute approximate surface area is 103 Å². The molecule has 0 aliphatic carbocycles. The van der Waals surface area contributed by atoms with Crippen molar-refractivity contribution in [3.8, 4) is 11.3 Å². The first-order chi connectivity index (χ1) is 7.79. The normalized spacial score (nSPS) is 10.6. The summed E-state index contributed by atoms with van der Waals surface area (Å²) in [6.45, 7) is 3.82. The smallest absolute Gasteiger partial charge is 0.120 e. The van der Waals surface area contributed by atoms with E-state index in [0.717, 1.165) is 34.6 Å². The van der Waals surface area contributed by atoms with Crippen molar-refractivity contribution in [2.75, 3.05) is 6.54 Å². The predicted octanol–water partition coefficient (Wildman–Crippen LogP) is 2.95. The van der Waals surface area contributed by atoms with E-state index >= 15 is 0 Å². The number of aromatic nitrogens is 2. The van der Waals surface area contributed by atoms with Crippen LogP contribution in [0.5, 0.6) is 0 Å². The maximum Gasteiger partial charge on any atom is 0.120 e. The van der Waals surface area contributed by atoms with E-state index < -0.39 is 0 Å². The second kappa shape index (κ2) is 5.27. The van der Waals surface area contributed by atoms with E-state index in [1.807, 2.05) is 18.3 Å². The Morgan fingerprint density at radius 2 is 2.06 bits per heavy atom. The average Bonchev–Trinajstić information content (AvgIpc) is 2.76. The lowest BCUT2D eigenvalue weighted by atomic mass is 10.2. The Morgan fingerprint density at radius 1 is 1.31 bits per heavy atom. The molecule has 0 atom stereocenters. The van der Waals surface area contributed by atoms with Crippen LogP contribution in [0.1, 0.15) is 12.7 Å². The van der Waals surface area contributed by atoms with E-state index in [2.05, 4.69) is 50.3 Å². The number of hydrogen-bond donors (Lipinski definition) is 2. The van der Waals surface area contributed by atoms with Crippen LogP contribution in [0, 0.1) is 0 Å². The molecule has 0 unspecified atom stereocenters. The number of halogens is 1. The SMILES string of the molecule is CCNCc1ncc(-c2ccc(Br)cc2)[nH]1. The summed E-state index contributed by atoms with van der Waals surface area (Å²) in [4.78, 5) is 7.62. The van der Waals surface area contributed by atoms with Gasteiger partial charge < -0.3 is 10.3 Å². The van der Waals surface area contributed by atoms with Gasteiger partial charge in [0, 0.05) is 4.47 Å². The molecule has 0 saturated carbocycles. The van der Waals surface area contributed by atoms with Gasteiger partial charge in [-0.1, -0.05) is 35.0 Å². The van der Waals surface area contributed by atoms with Gasteiger partial charge in [0.2, 0.25) is 0 Å². The molecule has 84 valence electrons. The molecule has 2 rings (SSSR count). The van der Waals surface area contributed by atoms with E-state index in [4.69, 9.17) is 0 Å². The highest BCUT2D eigenvalue weighted by atomic mass is 79.9. The largest absolute Gasteiger partial charge is 0.341 e. The predicted molar refractivity (Wildman–Crippen MR) is 69.1 cm³/mol. The fourth-order valence-electron chi connectivity index (χ4n) is 1.47. The second-order valence-corrected chi connectivity index (χ2v) is 4.45. The topological polar surface area (TPSA) is 40.7 Å². The zero-order valence-corrected chi connectivity index (χ0v) is 10.7. The summed E-state index contributed by atoms with van der Waals surface area (Å²) >= 11 is 3.42. The number of nitrogens with one attached hydrogen (secondary N) is 2. The summed E-state index contributed by atoms with van der Waals surface area (Å²) < 4.78 is 1.09. The van der Waals surface area contributed by atoms with Crippen LogP contribution in [0.25, 0.3) is 11.3 Å². The summed E-state index contributed by atoms with van der Waals surface area (Å²) in [7, 11) is 0. The van der Waals surface area contributed by atoms with Crippen LogP contribution in [0.15, 0.2) is 34.9 Å². The van der Waals surface area contributed by atoms with Crippen LogP contribution in [0.3, 0.4) is 0 Å². The van der Waals surface area contributed by atoms with Crippen LogP contribution in [0.2, 0.25) is 0 Å². The lowest BCUT2D eigenvalue weighted by Gasteiger charge is -1.98. The van der Waals surface area contributed by atoms with Gasteiger partial charge in [-0.3, -0.25) is 0 Å². The van der Waals surface area contributed by atoms with Crippen molar-refractivity contribution >= 4 is 15.9 Å². The molecular weight excluding hydrogens is 266 g/mol. The minimum atomic E-state index is 0.785.